The van der Waals surface area contributed by atoms with E-state index in [1.807, 2.05) is 41.5 Å². The first-order chi connectivity index (χ1) is 14.5. The van der Waals surface area contributed by atoms with Gasteiger partial charge in [-0.3, -0.25) is 4.79 Å². The lowest BCUT2D eigenvalue weighted by molar-refractivity contribution is -0.136. The number of alkyl halides is 3. The fourth-order valence-corrected chi connectivity index (χ4v) is 11.0. The van der Waals surface area contributed by atoms with Gasteiger partial charge in [0.1, 0.15) is 5.75 Å². The van der Waals surface area contributed by atoms with Crippen LogP contribution >= 0.6 is 11.3 Å². The number of fused-ring (bicyclic) bond motifs is 1. The normalized spacial score (nSPS) is 13.4. The zero-order chi connectivity index (χ0) is 24.6. The molecule has 32 heavy (non-hydrogen) atoms. The molecule has 1 aromatic heterocycles. The minimum atomic E-state index is -5.96. The maximum Gasteiger partial charge on any atom is 0.534 e. The van der Waals surface area contributed by atoms with Crippen LogP contribution in [0.1, 0.15) is 47.1 Å². The van der Waals surface area contributed by atoms with Crippen LogP contribution in [0.4, 0.5) is 13.2 Å². The van der Waals surface area contributed by atoms with Gasteiger partial charge in [-0.05, 0) is 33.6 Å². The Hall–Kier alpha value is -1.79. The van der Waals surface area contributed by atoms with E-state index in [1.165, 1.54) is 5.38 Å². The highest BCUT2D eigenvalue weighted by molar-refractivity contribution is 7.88. The number of benzene rings is 1. The molecule has 0 saturated heterocycles. The molecule has 1 heterocycles. The molecule has 6 nitrogen and oxygen atoms in total. The van der Waals surface area contributed by atoms with Gasteiger partial charge in [0, 0.05) is 16.2 Å². The first-order valence-corrected chi connectivity index (χ1v) is 14.4. The van der Waals surface area contributed by atoms with E-state index in [2.05, 4.69) is 4.18 Å². The minimum Gasteiger partial charge on any atom is -0.543 e. The number of hydrogen-bond donors (Lipinski definition) is 1. The molecular weight excluding hydrogens is 485 g/mol. The third-order valence-electron chi connectivity index (χ3n) is 5.52. The van der Waals surface area contributed by atoms with Crippen LogP contribution in [-0.2, 0) is 21.3 Å². The van der Waals surface area contributed by atoms with E-state index < -0.39 is 42.1 Å². The molecule has 0 atom stereocenters. The Morgan fingerprint density at radius 1 is 1.09 bits per heavy atom. The summed E-state index contributed by atoms with van der Waals surface area (Å²) in [5.41, 5.74) is -4.99. The van der Waals surface area contributed by atoms with Gasteiger partial charge in [0.25, 0.3) is 8.32 Å². The lowest BCUT2D eigenvalue weighted by Crippen LogP contribution is -2.50. The molecule has 12 heteroatoms. The summed E-state index contributed by atoms with van der Waals surface area (Å²) in [5.74, 6) is -1.59. The first-order valence-electron chi connectivity index (χ1n) is 9.98. The lowest BCUT2D eigenvalue weighted by atomic mass is 10.1. The van der Waals surface area contributed by atoms with E-state index in [9.17, 15) is 26.4 Å². The van der Waals surface area contributed by atoms with Gasteiger partial charge < -0.3 is 13.7 Å². The molecule has 180 valence electrons. The van der Waals surface area contributed by atoms with E-state index in [0.29, 0.717) is 4.70 Å². The predicted octanol–water partition coefficient (Wildman–Crippen LogP) is 6.31. The van der Waals surface area contributed by atoms with E-state index >= 15 is 0 Å². The van der Waals surface area contributed by atoms with E-state index in [0.717, 1.165) is 17.4 Å². The Labute approximate surface area is 190 Å². The van der Waals surface area contributed by atoms with E-state index in [1.54, 1.807) is 6.07 Å². The second-order valence-electron chi connectivity index (χ2n) is 8.53. The van der Waals surface area contributed by atoms with Gasteiger partial charge in [-0.2, -0.15) is 21.6 Å². The summed E-state index contributed by atoms with van der Waals surface area (Å²) < 4.78 is 73.9. The molecule has 1 N–H and O–H groups in total. The summed E-state index contributed by atoms with van der Waals surface area (Å²) in [6.45, 7) is 12.2. The Morgan fingerprint density at radius 2 is 1.62 bits per heavy atom. The third-order valence-corrected chi connectivity index (χ3v) is 13.5. The monoisotopic (exact) mass is 512 g/mol. The van der Waals surface area contributed by atoms with Gasteiger partial charge in [-0.15, -0.1) is 11.3 Å². The van der Waals surface area contributed by atoms with Crippen LogP contribution in [0.25, 0.3) is 10.1 Å². The van der Waals surface area contributed by atoms with Crippen LogP contribution < -0.4 is 8.61 Å². The summed E-state index contributed by atoms with van der Waals surface area (Å²) in [4.78, 5) is 11.2. The number of rotatable bonds is 9. The van der Waals surface area contributed by atoms with Crippen molar-refractivity contribution in [3.63, 3.8) is 0 Å². The maximum atomic E-state index is 13.0. The average molecular weight is 513 g/mol. The Balaban J connectivity index is 2.74. The van der Waals surface area contributed by atoms with Crippen molar-refractivity contribution in [3.05, 3.63) is 23.1 Å². The molecule has 0 aliphatic heterocycles. The molecule has 0 bridgehead atoms. The molecule has 0 aliphatic rings. The fraction of sp³-hybridized carbons (Fsp3) is 0.550. The molecule has 0 unspecified atom stereocenters. The molecule has 0 spiro atoms. The average Bonchev–Trinajstić information content (AvgIpc) is 2.99. The molecule has 0 radical (unpaired) electrons. The number of carbonyl (C=O) groups is 1. The number of thiophene rings is 1. The van der Waals surface area contributed by atoms with Gasteiger partial charge in [-0.1, -0.05) is 41.5 Å². The maximum absolute atomic E-state index is 13.0. The summed E-state index contributed by atoms with van der Waals surface area (Å²) in [6.07, 6.45) is -0.495. The van der Waals surface area contributed by atoms with Crippen molar-refractivity contribution in [2.75, 3.05) is 0 Å². The predicted molar refractivity (Wildman–Crippen MR) is 120 cm³/mol. The zero-order valence-electron chi connectivity index (χ0n) is 18.6. The summed E-state index contributed by atoms with van der Waals surface area (Å²) in [6, 6.07) is 2.73. The van der Waals surface area contributed by atoms with Gasteiger partial charge in [0.05, 0.1) is 6.42 Å². The largest absolute Gasteiger partial charge is 0.543 e. The second kappa shape index (κ2) is 9.22. The van der Waals surface area contributed by atoms with Gasteiger partial charge in [-0.25, -0.2) is 0 Å². The molecule has 0 saturated carbocycles. The highest BCUT2D eigenvalue weighted by atomic mass is 32.2. The van der Waals surface area contributed by atoms with Crippen molar-refractivity contribution >= 4 is 45.8 Å². The van der Waals surface area contributed by atoms with Crippen molar-refractivity contribution in [1.82, 2.24) is 0 Å². The Bertz CT molecular complexity index is 1070. The van der Waals surface area contributed by atoms with Crippen molar-refractivity contribution < 1.29 is 40.1 Å². The quantitative estimate of drug-likeness (QED) is 0.241. The van der Waals surface area contributed by atoms with Crippen molar-refractivity contribution in [1.29, 1.82) is 0 Å². The van der Waals surface area contributed by atoms with Crippen LogP contribution in [0, 0.1) is 0 Å². The standard InChI is InChI=1S/C20H27F3O6S2Si/c1-11(2)32(12(3)4,13(5)6)29-15-8-16(28-31(26,27)20(21,22)23)19-14(7-18(24)25)10-30-17(19)9-15/h8-13H,7H2,1-6H3,(H,24,25). The molecule has 1 aromatic carbocycles. The molecule has 2 rings (SSSR count). The van der Waals surface area contributed by atoms with E-state index in [-0.39, 0.29) is 33.3 Å². The first kappa shape index (κ1) is 26.5. The van der Waals surface area contributed by atoms with Crippen molar-refractivity contribution in [2.45, 2.75) is 70.1 Å². The second-order valence-corrected chi connectivity index (χ2v) is 16.4. The topological polar surface area (TPSA) is 89.9 Å². The smallest absolute Gasteiger partial charge is 0.534 e. The van der Waals surface area contributed by atoms with Crippen LogP contribution in [0.5, 0.6) is 11.5 Å². The van der Waals surface area contributed by atoms with Crippen molar-refractivity contribution in [2.24, 2.45) is 0 Å². The van der Waals surface area contributed by atoms with Crippen LogP contribution in [0.15, 0.2) is 17.5 Å². The Kier molecular flexibility index (Phi) is 7.62. The highest BCUT2D eigenvalue weighted by Gasteiger charge is 2.49. The molecule has 2 aromatic rings. The molecule has 0 aliphatic carbocycles. The van der Waals surface area contributed by atoms with Crippen LogP contribution in [0.2, 0.25) is 16.6 Å². The minimum absolute atomic E-state index is 0.0171. The SMILES string of the molecule is CC(C)[Si](Oc1cc(OS(=O)(=O)C(F)(F)F)c2c(CC(=O)O)csc2c1)(C(C)C)C(C)C. The highest BCUT2D eigenvalue weighted by Crippen LogP contribution is 2.46. The van der Waals surface area contributed by atoms with Crippen LogP contribution in [-0.4, -0.2) is 33.3 Å². The fourth-order valence-electron chi connectivity index (χ4n) is 4.31. The molecule has 0 amide bonds. The lowest BCUT2D eigenvalue weighted by Gasteiger charge is -2.42. The van der Waals surface area contributed by atoms with Crippen LogP contribution in [0.3, 0.4) is 0 Å². The van der Waals surface area contributed by atoms with Gasteiger partial charge in [0.15, 0.2) is 5.75 Å². The third kappa shape index (κ3) is 5.06. The number of carboxylic acids is 1. The summed E-state index contributed by atoms with van der Waals surface area (Å²) in [5, 5.41) is 10.6. The summed E-state index contributed by atoms with van der Waals surface area (Å²) >= 11 is 1.08. The van der Waals surface area contributed by atoms with Gasteiger partial charge in [0.2, 0.25) is 0 Å². The van der Waals surface area contributed by atoms with E-state index in [4.69, 9.17) is 9.53 Å². The Morgan fingerprint density at radius 3 is 2.06 bits per heavy atom. The number of carboxylic acid groups (broad SMARTS) is 1. The number of aliphatic carboxylic acids is 1. The van der Waals surface area contributed by atoms with Crippen molar-refractivity contribution in [3.8, 4) is 11.5 Å². The summed E-state index contributed by atoms with van der Waals surface area (Å²) in [7, 11) is -8.47. The number of halogens is 3. The van der Waals surface area contributed by atoms with Gasteiger partial charge >= 0.3 is 21.6 Å². The zero-order valence-corrected chi connectivity index (χ0v) is 21.2. The molecule has 0 fully saturated rings. The number of hydrogen-bond acceptors (Lipinski definition) is 6. The molecular formula is C20H27F3O6S2Si.